The van der Waals surface area contributed by atoms with Gasteiger partial charge in [-0.05, 0) is 39.7 Å². The lowest BCUT2D eigenvalue weighted by atomic mass is 10.1. The van der Waals surface area contributed by atoms with Crippen molar-refractivity contribution in [2.24, 2.45) is 0 Å². The smallest absolute Gasteiger partial charge is 0.0413 e. The lowest BCUT2D eigenvalue weighted by Gasteiger charge is -2.35. The highest BCUT2D eigenvalue weighted by Crippen LogP contribution is 2.24. The van der Waals surface area contributed by atoms with Gasteiger partial charge in [-0.3, -0.25) is 0 Å². The van der Waals surface area contributed by atoms with Crippen LogP contribution in [0.5, 0.6) is 0 Å². The van der Waals surface area contributed by atoms with Gasteiger partial charge in [-0.15, -0.1) is 0 Å². The largest absolute Gasteiger partial charge is 0.369 e. The summed E-state index contributed by atoms with van der Waals surface area (Å²) in [4.78, 5) is 7.17. The molecule has 0 saturated carbocycles. The molecule has 0 bridgehead atoms. The zero-order chi connectivity index (χ0) is 13.1. The summed E-state index contributed by atoms with van der Waals surface area (Å²) in [5.41, 5.74) is 4.22. The molecule has 0 aliphatic carbocycles. The summed E-state index contributed by atoms with van der Waals surface area (Å²) >= 11 is 0. The highest BCUT2D eigenvalue weighted by molar-refractivity contribution is 5.55. The molecule has 0 radical (unpaired) electrons. The van der Waals surface area contributed by atoms with E-state index in [9.17, 15) is 0 Å². The van der Waals surface area contributed by atoms with Crippen molar-refractivity contribution < 1.29 is 0 Å². The van der Waals surface area contributed by atoms with Gasteiger partial charge in [-0.25, -0.2) is 0 Å². The van der Waals surface area contributed by atoms with E-state index < -0.39 is 0 Å². The van der Waals surface area contributed by atoms with E-state index in [0.717, 1.165) is 32.7 Å². The van der Waals surface area contributed by atoms with Crippen molar-refractivity contribution in [3.05, 3.63) is 29.3 Å². The second kappa shape index (κ2) is 5.72. The van der Waals surface area contributed by atoms with Crippen LogP contribution in [0.3, 0.4) is 0 Å². The fraction of sp³-hybridized carbons (Fsp3) is 0.600. The van der Waals surface area contributed by atoms with E-state index in [2.05, 4.69) is 61.0 Å². The third kappa shape index (κ3) is 3.24. The summed E-state index contributed by atoms with van der Waals surface area (Å²) in [6, 6.07) is 6.85. The molecule has 0 aromatic heterocycles. The van der Waals surface area contributed by atoms with Crippen LogP contribution in [0.2, 0.25) is 0 Å². The van der Waals surface area contributed by atoms with Gasteiger partial charge in [0.05, 0.1) is 0 Å². The van der Waals surface area contributed by atoms with Gasteiger partial charge in [-0.1, -0.05) is 17.7 Å². The predicted molar refractivity (Wildman–Crippen MR) is 78.3 cm³/mol. The van der Waals surface area contributed by atoms with Gasteiger partial charge in [0.25, 0.3) is 0 Å². The molecule has 3 heteroatoms. The molecular weight excluding hydrogens is 222 g/mol. The molecule has 18 heavy (non-hydrogen) atoms. The summed E-state index contributed by atoms with van der Waals surface area (Å²) in [6.07, 6.45) is 0. The van der Waals surface area contributed by atoms with Crippen LogP contribution in [0.4, 0.5) is 5.69 Å². The quantitative estimate of drug-likeness (QED) is 0.806. The Morgan fingerprint density at radius 3 is 2.39 bits per heavy atom. The monoisotopic (exact) mass is 247 g/mol. The second-order valence-corrected chi connectivity index (χ2v) is 5.66. The average molecular weight is 247 g/mol. The van der Waals surface area contributed by atoms with Crippen LogP contribution in [-0.4, -0.2) is 57.1 Å². The molecule has 1 aromatic carbocycles. The molecule has 1 saturated heterocycles. The molecule has 100 valence electrons. The van der Waals surface area contributed by atoms with Gasteiger partial charge in [0.2, 0.25) is 0 Å². The van der Waals surface area contributed by atoms with Crippen LogP contribution in [0.25, 0.3) is 0 Å². The van der Waals surface area contributed by atoms with Crippen LogP contribution in [0, 0.1) is 6.92 Å². The van der Waals surface area contributed by atoms with Crippen molar-refractivity contribution in [1.29, 1.82) is 0 Å². The fourth-order valence-electron chi connectivity index (χ4n) is 2.54. The summed E-state index contributed by atoms with van der Waals surface area (Å²) in [5.74, 6) is 0. The second-order valence-electron chi connectivity index (χ2n) is 5.66. The van der Waals surface area contributed by atoms with Crippen molar-refractivity contribution in [1.82, 2.24) is 9.80 Å². The third-order valence-corrected chi connectivity index (χ3v) is 3.57. The number of piperazine rings is 1. The first-order valence-corrected chi connectivity index (χ1v) is 6.74. The van der Waals surface area contributed by atoms with Crippen LogP contribution >= 0.6 is 0 Å². The Kier molecular flexibility index (Phi) is 4.25. The van der Waals surface area contributed by atoms with E-state index in [1.165, 1.54) is 16.8 Å². The Labute approximate surface area is 111 Å². The Hall–Kier alpha value is -1.06. The zero-order valence-electron chi connectivity index (χ0n) is 12.1. The van der Waals surface area contributed by atoms with E-state index in [-0.39, 0.29) is 0 Å². The van der Waals surface area contributed by atoms with Gasteiger partial charge >= 0.3 is 0 Å². The van der Waals surface area contributed by atoms with Crippen LogP contribution in [0.15, 0.2) is 18.2 Å². The number of aryl methyl sites for hydroxylation is 1. The molecule has 3 nitrogen and oxygen atoms in total. The molecule has 1 aliphatic heterocycles. The zero-order valence-corrected chi connectivity index (χ0v) is 12.1. The molecule has 0 spiro atoms. The Morgan fingerprint density at radius 2 is 1.78 bits per heavy atom. The summed E-state index contributed by atoms with van der Waals surface area (Å²) in [6.45, 7) is 7.79. The molecule has 0 N–H and O–H groups in total. The standard InChI is InChI=1S/C15H25N3/c1-13-5-6-15(14(11-13)12-16(2)3)18-9-7-17(4)8-10-18/h5-6,11H,7-10,12H2,1-4H3. The normalized spacial score (nSPS) is 17.5. The Bertz CT molecular complexity index is 393. The SMILES string of the molecule is Cc1ccc(N2CCN(C)CC2)c(CN(C)C)c1. The van der Waals surface area contributed by atoms with E-state index in [1.54, 1.807) is 0 Å². The summed E-state index contributed by atoms with van der Waals surface area (Å²) in [7, 11) is 6.47. The highest BCUT2D eigenvalue weighted by atomic mass is 15.2. The number of rotatable bonds is 3. The molecule has 1 heterocycles. The first kappa shape index (κ1) is 13.4. The van der Waals surface area contributed by atoms with E-state index >= 15 is 0 Å². The average Bonchev–Trinajstić information content (AvgIpc) is 2.30. The fourth-order valence-corrected chi connectivity index (χ4v) is 2.54. The molecule has 0 amide bonds. The van der Waals surface area contributed by atoms with Gasteiger partial charge in [0, 0.05) is 38.4 Å². The summed E-state index contributed by atoms with van der Waals surface area (Å²) < 4.78 is 0. The number of hydrogen-bond acceptors (Lipinski definition) is 3. The number of nitrogens with zero attached hydrogens (tertiary/aromatic N) is 3. The molecule has 0 unspecified atom stereocenters. The lowest BCUT2D eigenvalue weighted by Crippen LogP contribution is -2.44. The van der Waals surface area contributed by atoms with Crippen molar-refractivity contribution in [2.45, 2.75) is 13.5 Å². The minimum absolute atomic E-state index is 1.02. The molecule has 2 rings (SSSR count). The van der Waals surface area contributed by atoms with Crippen LogP contribution in [0.1, 0.15) is 11.1 Å². The molecule has 1 aromatic rings. The topological polar surface area (TPSA) is 9.72 Å². The number of likely N-dealkylation sites (N-methyl/N-ethyl adjacent to an activating group) is 1. The minimum atomic E-state index is 1.02. The van der Waals surface area contributed by atoms with Crippen molar-refractivity contribution in [3.63, 3.8) is 0 Å². The van der Waals surface area contributed by atoms with Crippen LogP contribution in [-0.2, 0) is 6.54 Å². The number of anilines is 1. The molecule has 1 fully saturated rings. The molecular formula is C15H25N3. The van der Waals surface area contributed by atoms with Crippen LogP contribution < -0.4 is 4.90 Å². The maximum Gasteiger partial charge on any atom is 0.0413 e. The van der Waals surface area contributed by atoms with E-state index in [4.69, 9.17) is 0 Å². The summed E-state index contributed by atoms with van der Waals surface area (Å²) in [5, 5.41) is 0. The molecule has 0 atom stereocenters. The predicted octanol–water partition coefficient (Wildman–Crippen LogP) is 1.81. The number of benzene rings is 1. The number of hydrogen-bond donors (Lipinski definition) is 0. The molecule has 1 aliphatic rings. The van der Waals surface area contributed by atoms with Gasteiger partial charge in [-0.2, -0.15) is 0 Å². The van der Waals surface area contributed by atoms with E-state index in [1.807, 2.05) is 0 Å². The van der Waals surface area contributed by atoms with Gasteiger partial charge in [0.1, 0.15) is 0 Å². The van der Waals surface area contributed by atoms with Crippen molar-refractivity contribution in [3.8, 4) is 0 Å². The van der Waals surface area contributed by atoms with E-state index in [0.29, 0.717) is 0 Å². The van der Waals surface area contributed by atoms with Crippen molar-refractivity contribution in [2.75, 3.05) is 52.2 Å². The Balaban J connectivity index is 2.20. The third-order valence-electron chi connectivity index (χ3n) is 3.57. The van der Waals surface area contributed by atoms with Crippen molar-refractivity contribution >= 4 is 5.69 Å². The Morgan fingerprint density at radius 1 is 1.11 bits per heavy atom. The van der Waals surface area contributed by atoms with Gasteiger partial charge < -0.3 is 14.7 Å². The maximum absolute atomic E-state index is 2.53. The van der Waals surface area contributed by atoms with Gasteiger partial charge in [0.15, 0.2) is 0 Å². The lowest BCUT2D eigenvalue weighted by molar-refractivity contribution is 0.312. The highest BCUT2D eigenvalue weighted by Gasteiger charge is 2.17. The minimum Gasteiger partial charge on any atom is -0.369 e. The first-order valence-electron chi connectivity index (χ1n) is 6.74. The maximum atomic E-state index is 2.53. The first-order chi connectivity index (χ1) is 8.56.